The zero-order chi connectivity index (χ0) is 17.9. The van der Waals surface area contributed by atoms with Crippen molar-refractivity contribution in [3.63, 3.8) is 0 Å². The van der Waals surface area contributed by atoms with Crippen molar-refractivity contribution >= 4 is 17.3 Å². The topological polar surface area (TPSA) is 84.3 Å². The van der Waals surface area contributed by atoms with Gasteiger partial charge < -0.3 is 10.6 Å². The van der Waals surface area contributed by atoms with E-state index in [1.807, 2.05) is 18.2 Å². The van der Waals surface area contributed by atoms with Crippen LogP contribution in [-0.4, -0.2) is 24.4 Å². The van der Waals surface area contributed by atoms with Crippen LogP contribution in [0.25, 0.3) is 0 Å². The summed E-state index contributed by atoms with van der Waals surface area (Å²) in [6, 6.07) is 14.8. The Bertz CT molecular complexity index is 786. The molecule has 0 saturated heterocycles. The van der Waals surface area contributed by atoms with Crippen LogP contribution >= 0.6 is 0 Å². The Hall–Kier alpha value is -2.89. The first-order valence-corrected chi connectivity index (χ1v) is 8.31. The Labute approximate surface area is 146 Å². The normalized spacial score (nSPS) is 14.6. The molecule has 0 radical (unpaired) electrons. The lowest BCUT2D eigenvalue weighted by atomic mass is 9.96. The van der Waals surface area contributed by atoms with E-state index in [1.54, 1.807) is 12.1 Å². The first-order chi connectivity index (χ1) is 12.0. The minimum absolute atomic E-state index is 0.0726. The number of rotatable bonds is 7. The molecular formula is C19H21N3O3. The number of amides is 1. The van der Waals surface area contributed by atoms with E-state index in [4.69, 9.17) is 0 Å². The number of benzene rings is 2. The number of nitrogens with zero attached hydrogens (tertiary/aromatic N) is 1. The zero-order valence-electron chi connectivity index (χ0n) is 14.1. The predicted octanol–water partition coefficient (Wildman–Crippen LogP) is 3.39. The Balaban J connectivity index is 1.72. The van der Waals surface area contributed by atoms with E-state index in [9.17, 15) is 14.9 Å². The second kappa shape index (κ2) is 6.93. The van der Waals surface area contributed by atoms with Gasteiger partial charge in [0.1, 0.15) is 5.69 Å². The zero-order valence-corrected chi connectivity index (χ0v) is 14.1. The molecule has 2 aromatic carbocycles. The maximum Gasteiger partial charge on any atom is 0.293 e. The highest BCUT2D eigenvalue weighted by atomic mass is 16.6. The summed E-state index contributed by atoms with van der Waals surface area (Å²) < 4.78 is 0. The number of carbonyl (C=O) groups is 1. The lowest BCUT2D eigenvalue weighted by Crippen LogP contribution is -2.20. The number of nitro groups is 1. The molecule has 0 heterocycles. The van der Waals surface area contributed by atoms with Gasteiger partial charge in [0.2, 0.25) is 0 Å². The minimum Gasteiger partial charge on any atom is -0.379 e. The number of nitro benzene ring substituents is 1. The van der Waals surface area contributed by atoms with Gasteiger partial charge in [0.05, 0.1) is 4.92 Å². The molecule has 0 atom stereocenters. The smallest absolute Gasteiger partial charge is 0.293 e. The molecule has 1 aliphatic carbocycles. The van der Waals surface area contributed by atoms with Gasteiger partial charge in [0, 0.05) is 25.2 Å². The van der Waals surface area contributed by atoms with Crippen LogP contribution in [0.2, 0.25) is 0 Å². The van der Waals surface area contributed by atoms with Gasteiger partial charge in [-0.2, -0.15) is 0 Å². The molecule has 6 nitrogen and oxygen atoms in total. The monoisotopic (exact) mass is 339 g/mol. The van der Waals surface area contributed by atoms with E-state index in [2.05, 4.69) is 22.8 Å². The third-order valence-corrected chi connectivity index (χ3v) is 4.72. The number of anilines is 1. The highest BCUT2D eigenvalue weighted by molar-refractivity contribution is 5.95. The largest absolute Gasteiger partial charge is 0.379 e. The highest BCUT2D eigenvalue weighted by Gasteiger charge is 2.42. The summed E-state index contributed by atoms with van der Waals surface area (Å²) in [7, 11) is 1.50. The fourth-order valence-corrected chi connectivity index (χ4v) is 3.02. The Morgan fingerprint density at radius 2 is 1.92 bits per heavy atom. The standard InChI is InChI=1S/C19H21N3O3/c1-20-18(23)15-7-8-16(17(11-15)22(24)25)21-13-19(9-10-19)12-14-5-3-2-4-6-14/h2-8,11,21H,9-10,12-13H2,1H3,(H,20,23). The molecular weight excluding hydrogens is 318 g/mol. The first-order valence-electron chi connectivity index (χ1n) is 8.31. The predicted molar refractivity (Wildman–Crippen MR) is 96.8 cm³/mol. The van der Waals surface area contributed by atoms with Gasteiger partial charge in [0.25, 0.3) is 11.6 Å². The lowest BCUT2D eigenvalue weighted by Gasteiger charge is -2.17. The van der Waals surface area contributed by atoms with Crippen molar-refractivity contribution in [1.82, 2.24) is 5.32 Å². The molecule has 2 aromatic rings. The van der Waals surface area contributed by atoms with Gasteiger partial charge in [-0.3, -0.25) is 14.9 Å². The van der Waals surface area contributed by atoms with Gasteiger partial charge >= 0.3 is 0 Å². The van der Waals surface area contributed by atoms with Crippen molar-refractivity contribution in [3.8, 4) is 0 Å². The fraction of sp³-hybridized carbons (Fsp3) is 0.316. The van der Waals surface area contributed by atoms with Crippen LogP contribution in [-0.2, 0) is 6.42 Å². The number of hydrogen-bond donors (Lipinski definition) is 2. The van der Waals surface area contributed by atoms with Crippen molar-refractivity contribution in [3.05, 3.63) is 69.8 Å². The van der Waals surface area contributed by atoms with Crippen LogP contribution in [0.1, 0.15) is 28.8 Å². The first kappa shape index (κ1) is 17.0. The third-order valence-electron chi connectivity index (χ3n) is 4.72. The molecule has 0 aliphatic heterocycles. The molecule has 3 rings (SSSR count). The van der Waals surface area contributed by atoms with Crippen LogP contribution in [0.3, 0.4) is 0 Å². The summed E-state index contributed by atoms with van der Waals surface area (Å²) in [5.41, 5.74) is 2.11. The molecule has 0 unspecified atom stereocenters. The average Bonchev–Trinajstić information content (AvgIpc) is 3.39. The summed E-state index contributed by atoms with van der Waals surface area (Å²) in [5, 5.41) is 17.1. The van der Waals surface area contributed by atoms with E-state index >= 15 is 0 Å². The Kier molecular flexibility index (Phi) is 4.70. The maximum absolute atomic E-state index is 11.7. The Morgan fingerprint density at radius 3 is 2.52 bits per heavy atom. The number of nitrogens with one attached hydrogen (secondary N) is 2. The number of carbonyl (C=O) groups excluding carboxylic acids is 1. The van der Waals surface area contributed by atoms with Crippen molar-refractivity contribution in [2.75, 3.05) is 18.9 Å². The Morgan fingerprint density at radius 1 is 1.20 bits per heavy atom. The molecule has 6 heteroatoms. The van der Waals surface area contributed by atoms with Gasteiger partial charge in [-0.1, -0.05) is 30.3 Å². The van der Waals surface area contributed by atoms with Crippen LogP contribution in [0.5, 0.6) is 0 Å². The SMILES string of the molecule is CNC(=O)c1ccc(NCC2(Cc3ccccc3)CC2)c([N+](=O)[O-])c1. The number of hydrogen-bond acceptors (Lipinski definition) is 4. The van der Waals surface area contributed by atoms with E-state index < -0.39 is 4.92 Å². The van der Waals surface area contributed by atoms with E-state index in [0.717, 1.165) is 19.3 Å². The molecule has 25 heavy (non-hydrogen) atoms. The summed E-state index contributed by atoms with van der Waals surface area (Å²) in [5.74, 6) is -0.336. The molecule has 130 valence electrons. The molecule has 1 amide bonds. The van der Waals surface area contributed by atoms with Gasteiger partial charge in [-0.15, -0.1) is 0 Å². The highest BCUT2D eigenvalue weighted by Crippen LogP contribution is 2.48. The van der Waals surface area contributed by atoms with Crippen LogP contribution in [0, 0.1) is 15.5 Å². The molecule has 0 bridgehead atoms. The second-order valence-corrected chi connectivity index (χ2v) is 6.58. The molecule has 1 saturated carbocycles. The average molecular weight is 339 g/mol. The van der Waals surface area contributed by atoms with Crippen LogP contribution < -0.4 is 10.6 Å². The molecule has 2 N–H and O–H groups in total. The lowest BCUT2D eigenvalue weighted by molar-refractivity contribution is -0.384. The van der Waals surface area contributed by atoms with Crippen molar-refractivity contribution in [1.29, 1.82) is 0 Å². The molecule has 1 fully saturated rings. The quantitative estimate of drug-likeness (QED) is 0.598. The molecule has 0 aromatic heterocycles. The van der Waals surface area contributed by atoms with Gasteiger partial charge in [-0.05, 0) is 42.4 Å². The summed E-state index contributed by atoms with van der Waals surface area (Å²) in [6.07, 6.45) is 3.18. The van der Waals surface area contributed by atoms with E-state index in [-0.39, 0.29) is 22.6 Å². The second-order valence-electron chi connectivity index (χ2n) is 6.58. The van der Waals surface area contributed by atoms with Gasteiger partial charge in [0.15, 0.2) is 0 Å². The van der Waals surface area contributed by atoms with Crippen LogP contribution in [0.4, 0.5) is 11.4 Å². The minimum atomic E-state index is -0.453. The van der Waals surface area contributed by atoms with Crippen molar-refractivity contribution < 1.29 is 9.72 Å². The van der Waals surface area contributed by atoms with Crippen molar-refractivity contribution in [2.45, 2.75) is 19.3 Å². The maximum atomic E-state index is 11.7. The van der Waals surface area contributed by atoms with Crippen molar-refractivity contribution in [2.24, 2.45) is 5.41 Å². The van der Waals surface area contributed by atoms with Gasteiger partial charge in [-0.25, -0.2) is 0 Å². The molecule has 1 aliphatic rings. The summed E-state index contributed by atoms with van der Waals surface area (Å²) in [4.78, 5) is 22.6. The molecule has 0 spiro atoms. The van der Waals surface area contributed by atoms with E-state index in [0.29, 0.717) is 12.2 Å². The fourth-order valence-electron chi connectivity index (χ4n) is 3.02. The van der Waals surface area contributed by atoms with Crippen LogP contribution in [0.15, 0.2) is 48.5 Å². The van der Waals surface area contributed by atoms with E-state index in [1.165, 1.54) is 18.7 Å². The third kappa shape index (κ3) is 3.96. The summed E-state index contributed by atoms with van der Waals surface area (Å²) in [6.45, 7) is 0.683. The summed E-state index contributed by atoms with van der Waals surface area (Å²) >= 11 is 0.